The first kappa shape index (κ1) is 12.0. The number of rotatable bonds is 1. The van der Waals surface area contributed by atoms with Crippen LogP contribution in [0, 0.1) is 6.92 Å². The Morgan fingerprint density at radius 2 is 1.82 bits per heavy atom. The Bertz CT molecular complexity index is 551. The number of aryl methyl sites for hydroxylation is 1. The van der Waals surface area contributed by atoms with Crippen LogP contribution in [-0.2, 0) is 12.0 Å². The van der Waals surface area contributed by atoms with Gasteiger partial charge in [0.15, 0.2) is 11.2 Å². The summed E-state index contributed by atoms with van der Waals surface area (Å²) in [5, 5.41) is 9.98. The summed E-state index contributed by atoms with van der Waals surface area (Å²) in [4.78, 5) is 23.7. The van der Waals surface area contributed by atoms with Crippen LogP contribution in [-0.4, -0.2) is 10.9 Å². The Kier molecular flexibility index (Phi) is 2.66. The fourth-order valence-corrected chi connectivity index (χ4v) is 2.31. The molecule has 0 bridgehead atoms. The van der Waals surface area contributed by atoms with E-state index in [2.05, 4.69) is 0 Å². The van der Waals surface area contributed by atoms with Gasteiger partial charge in [-0.3, -0.25) is 9.59 Å². The van der Waals surface area contributed by atoms with Gasteiger partial charge in [0.1, 0.15) is 0 Å². The van der Waals surface area contributed by atoms with Crippen molar-refractivity contribution in [2.45, 2.75) is 39.2 Å². The maximum Gasteiger partial charge on any atom is 0.184 e. The fourth-order valence-electron chi connectivity index (χ4n) is 2.31. The molecule has 0 radical (unpaired) electrons. The smallest absolute Gasteiger partial charge is 0.184 e. The molecule has 0 fully saturated rings. The first-order valence-corrected chi connectivity index (χ1v) is 5.74. The van der Waals surface area contributed by atoms with E-state index in [0.717, 1.165) is 11.1 Å². The third-order valence-electron chi connectivity index (χ3n) is 3.26. The molecule has 0 saturated carbocycles. The molecule has 90 valence electrons. The van der Waals surface area contributed by atoms with Crippen LogP contribution in [0.2, 0.25) is 0 Å². The van der Waals surface area contributed by atoms with Crippen molar-refractivity contribution in [1.29, 1.82) is 0 Å². The third-order valence-corrected chi connectivity index (χ3v) is 3.26. The van der Waals surface area contributed by atoms with E-state index in [0.29, 0.717) is 18.4 Å². The molecule has 17 heavy (non-hydrogen) atoms. The van der Waals surface area contributed by atoms with Gasteiger partial charge < -0.3 is 5.11 Å². The van der Waals surface area contributed by atoms with Gasteiger partial charge in [-0.1, -0.05) is 0 Å². The number of hydrogen-bond donors (Lipinski definition) is 1. The van der Waals surface area contributed by atoms with Gasteiger partial charge in [-0.05, 0) is 50.5 Å². The van der Waals surface area contributed by atoms with Crippen molar-refractivity contribution in [2.24, 2.45) is 0 Å². The second-order valence-corrected chi connectivity index (χ2v) is 5.12. The van der Waals surface area contributed by atoms with Crippen molar-refractivity contribution in [2.75, 3.05) is 0 Å². The monoisotopic (exact) mass is 232 g/mol. The average Bonchev–Trinajstić information content (AvgIpc) is 2.47. The van der Waals surface area contributed by atoms with Crippen LogP contribution in [0.3, 0.4) is 0 Å². The second-order valence-electron chi connectivity index (χ2n) is 5.12. The van der Waals surface area contributed by atoms with Crippen LogP contribution < -0.4 is 5.43 Å². The van der Waals surface area contributed by atoms with Crippen molar-refractivity contribution in [3.63, 3.8) is 0 Å². The van der Waals surface area contributed by atoms with E-state index >= 15 is 0 Å². The fraction of sp³-hybridized carbons (Fsp3) is 0.429. The molecule has 1 aromatic carbocycles. The molecule has 1 N–H and O–H groups in total. The second kappa shape index (κ2) is 3.77. The largest absolute Gasteiger partial charge is 0.386 e. The summed E-state index contributed by atoms with van der Waals surface area (Å²) in [6.45, 7) is 4.96. The van der Waals surface area contributed by atoms with E-state index in [1.807, 2.05) is 6.92 Å². The minimum atomic E-state index is -1.22. The lowest BCUT2D eigenvalue weighted by Crippen LogP contribution is -2.23. The van der Waals surface area contributed by atoms with Crippen LogP contribution >= 0.6 is 0 Å². The van der Waals surface area contributed by atoms with E-state index in [1.165, 1.54) is 6.07 Å². The molecule has 0 saturated heterocycles. The first-order chi connectivity index (χ1) is 7.80. The molecular formula is C14H16O3. The van der Waals surface area contributed by atoms with E-state index in [-0.39, 0.29) is 16.8 Å². The molecule has 0 aromatic heterocycles. The summed E-state index contributed by atoms with van der Waals surface area (Å²) < 4.78 is 0. The van der Waals surface area contributed by atoms with E-state index in [9.17, 15) is 14.7 Å². The Labute approximate surface area is 100 Å². The molecule has 0 heterocycles. The average molecular weight is 232 g/mol. The van der Waals surface area contributed by atoms with Gasteiger partial charge in [-0.15, -0.1) is 0 Å². The minimum absolute atomic E-state index is 0.0594. The Morgan fingerprint density at radius 1 is 1.18 bits per heavy atom. The lowest BCUT2D eigenvalue weighted by molar-refractivity contribution is 0.0775. The molecule has 1 aromatic rings. The highest BCUT2D eigenvalue weighted by Crippen LogP contribution is 2.26. The zero-order valence-electron chi connectivity index (χ0n) is 10.3. The van der Waals surface area contributed by atoms with Gasteiger partial charge >= 0.3 is 0 Å². The Hall–Kier alpha value is -1.48. The molecule has 0 aliphatic heterocycles. The topological polar surface area (TPSA) is 54.4 Å². The third kappa shape index (κ3) is 2.03. The van der Waals surface area contributed by atoms with Crippen LogP contribution in [0.4, 0.5) is 0 Å². The van der Waals surface area contributed by atoms with Crippen molar-refractivity contribution >= 4 is 5.78 Å². The molecular weight excluding hydrogens is 216 g/mol. The number of fused-ring (bicyclic) bond motifs is 1. The summed E-state index contributed by atoms with van der Waals surface area (Å²) in [5.74, 6) is 0.0594. The van der Waals surface area contributed by atoms with E-state index < -0.39 is 5.60 Å². The van der Waals surface area contributed by atoms with Gasteiger partial charge in [0.2, 0.25) is 0 Å². The predicted molar refractivity (Wildman–Crippen MR) is 65.3 cm³/mol. The number of Topliss-reactive ketones (excluding diaryl/α,β-unsaturated/α-hetero) is 1. The quantitative estimate of drug-likeness (QED) is 0.802. The molecule has 2 rings (SSSR count). The Balaban J connectivity index is 2.83. The minimum Gasteiger partial charge on any atom is -0.386 e. The molecule has 1 aliphatic rings. The molecule has 0 atom stereocenters. The highest BCUT2D eigenvalue weighted by Gasteiger charge is 2.25. The van der Waals surface area contributed by atoms with Crippen LogP contribution in [0.5, 0.6) is 0 Å². The van der Waals surface area contributed by atoms with Crippen molar-refractivity contribution in [3.05, 3.63) is 44.6 Å². The number of hydrogen-bond acceptors (Lipinski definition) is 3. The first-order valence-electron chi connectivity index (χ1n) is 5.74. The molecule has 0 spiro atoms. The number of carbonyl (C=O) groups excluding carboxylic acids is 1. The van der Waals surface area contributed by atoms with Crippen LogP contribution in [0.1, 0.15) is 47.3 Å². The summed E-state index contributed by atoms with van der Waals surface area (Å²) in [5.41, 5.74) is 1.24. The molecule has 0 amide bonds. The SMILES string of the molecule is Cc1cc(=O)c(C(C)(C)O)cc2c1CCC2=O. The van der Waals surface area contributed by atoms with Gasteiger partial charge in [0, 0.05) is 17.5 Å². The molecule has 0 unspecified atom stereocenters. The summed E-state index contributed by atoms with van der Waals surface area (Å²) in [6.07, 6.45) is 1.19. The van der Waals surface area contributed by atoms with Gasteiger partial charge in [-0.2, -0.15) is 0 Å². The predicted octanol–water partition coefficient (Wildman–Crippen LogP) is 1.71. The lowest BCUT2D eigenvalue weighted by Gasteiger charge is -2.15. The normalized spacial score (nSPS) is 14.9. The molecule has 1 aliphatic carbocycles. The molecule has 3 nitrogen and oxygen atoms in total. The maximum atomic E-state index is 12.0. The van der Waals surface area contributed by atoms with Crippen molar-refractivity contribution in [1.82, 2.24) is 0 Å². The zero-order chi connectivity index (χ0) is 12.8. The van der Waals surface area contributed by atoms with Crippen molar-refractivity contribution < 1.29 is 9.90 Å². The van der Waals surface area contributed by atoms with Gasteiger partial charge in [-0.25, -0.2) is 0 Å². The van der Waals surface area contributed by atoms with Gasteiger partial charge in [0.05, 0.1) is 5.60 Å². The Morgan fingerprint density at radius 3 is 2.41 bits per heavy atom. The number of ketones is 1. The summed E-state index contributed by atoms with van der Waals surface area (Å²) in [6, 6.07) is 3.09. The van der Waals surface area contributed by atoms with Crippen LogP contribution in [0.25, 0.3) is 0 Å². The van der Waals surface area contributed by atoms with Crippen LogP contribution in [0.15, 0.2) is 16.9 Å². The maximum absolute atomic E-state index is 12.0. The highest BCUT2D eigenvalue weighted by molar-refractivity contribution is 6.00. The highest BCUT2D eigenvalue weighted by atomic mass is 16.3. The molecule has 3 heteroatoms. The van der Waals surface area contributed by atoms with Crippen molar-refractivity contribution in [3.8, 4) is 0 Å². The summed E-state index contributed by atoms with van der Waals surface area (Å²) in [7, 11) is 0. The number of carbonyl (C=O) groups is 1. The van der Waals surface area contributed by atoms with E-state index in [4.69, 9.17) is 0 Å². The standard InChI is InChI=1S/C14H16O3/c1-8-6-13(16)11(14(2,3)17)7-10-9(8)4-5-12(10)15/h6-7,17H,4-5H2,1-3H3. The lowest BCUT2D eigenvalue weighted by atomic mass is 9.98. The van der Waals surface area contributed by atoms with E-state index in [1.54, 1.807) is 19.9 Å². The summed E-state index contributed by atoms with van der Waals surface area (Å²) >= 11 is 0. The number of aliphatic hydroxyl groups is 1. The van der Waals surface area contributed by atoms with Gasteiger partial charge in [0.25, 0.3) is 0 Å². The zero-order valence-corrected chi connectivity index (χ0v) is 10.3.